The van der Waals surface area contributed by atoms with Crippen molar-refractivity contribution in [3.63, 3.8) is 0 Å². The van der Waals surface area contributed by atoms with Crippen molar-refractivity contribution >= 4 is 17.0 Å². The number of pyridine rings is 1. The molecule has 3 aromatic carbocycles. The van der Waals surface area contributed by atoms with E-state index in [-0.39, 0.29) is 36.0 Å². The topological polar surface area (TPSA) is 152 Å². The van der Waals surface area contributed by atoms with Gasteiger partial charge in [-0.05, 0) is 84.9 Å². The van der Waals surface area contributed by atoms with Crippen LogP contribution in [0.5, 0.6) is 11.5 Å². The maximum Gasteiger partial charge on any atom is 0.408 e. The Balaban J connectivity index is 1.01. The molecule has 0 saturated carbocycles. The number of nitrogens with zero attached hydrogens (tertiary/aromatic N) is 2. The van der Waals surface area contributed by atoms with E-state index in [1.165, 1.54) is 12.1 Å². The van der Waals surface area contributed by atoms with E-state index < -0.39 is 18.2 Å². The smallest absolute Gasteiger partial charge is 0.408 e. The number of aromatic nitrogens is 1. The molecule has 5 N–H and O–H groups in total. The normalized spacial score (nSPS) is 19.8. The Bertz CT molecular complexity index is 1970. The fourth-order valence-electron chi connectivity index (χ4n) is 7.36. The summed E-state index contributed by atoms with van der Waals surface area (Å²) in [6.45, 7) is 3.57. The maximum atomic E-state index is 12.9. The SMILES string of the molecule is O=C(O)N([C@@H](c1ccccc1)c1cccc(OCc2ccc(CNC[C@H](O)c3ccc(O)c4[nH]c(=O)ccc34)o2)c1)[C@H]1CN2CCC1CC2. The van der Waals surface area contributed by atoms with Gasteiger partial charge in [0, 0.05) is 24.5 Å². The number of nitrogens with one attached hydrogen (secondary N) is 2. The van der Waals surface area contributed by atoms with Crippen molar-refractivity contribution in [3.8, 4) is 11.5 Å². The van der Waals surface area contributed by atoms with E-state index in [1.807, 2.05) is 66.7 Å². The standard InChI is InChI=1S/C38H40N4O7/c43-33-13-11-30(31-12-14-35(45)40-36(31)33)34(44)21-39-20-28-9-10-29(49-28)23-48-27-8-4-7-26(19-27)37(25-5-2-1-3-6-25)42(38(46)47)32-22-41-17-15-24(32)16-18-41/h1-14,19,24,32,34,37,39,43-44H,15-18,20-23H2,(H,40,45)(H,46,47)/t32-,34-,37-/m0/s1. The maximum absolute atomic E-state index is 12.9. The highest BCUT2D eigenvalue weighted by Crippen LogP contribution is 2.39. The van der Waals surface area contributed by atoms with Gasteiger partial charge in [-0.15, -0.1) is 0 Å². The van der Waals surface area contributed by atoms with Gasteiger partial charge in [-0.25, -0.2) is 4.79 Å². The van der Waals surface area contributed by atoms with E-state index in [4.69, 9.17) is 9.15 Å². The molecule has 49 heavy (non-hydrogen) atoms. The Labute approximate surface area is 283 Å². The summed E-state index contributed by atoms with van der Waals surface area (Å²) in [5, 5.41) is 35.3. The zero-order chi connectivity index (χ0) is 33.9. The monoisotopic (exact) mass is 664 g/mol. The number of benzene rings is 3. The third-order valence-corrected chi connectivity index (χ3v) is 9.77. The molecule has 0 radical (unpaired) electrons. The quantitative estimate of drug-likeness (QED) is 0.118. The Morgan fingerprint density at radius 2 is 1.76 bits per heavy atom. The van der Waals surface area contributed by atoms with E-state index >= 15 is 0 Å². The second-order valence-corrected chi connectivity index (χ2v) is 12.9. The van der Waals surface area contributed by atoms with Crippen molar-refractivity contribution in [2.45, 2.75) is 44.2 Å². The van der Waals surface area contributed by atoms with Crippen LogP contribution in [0.3, 0.4) is 0 Å². The van der Waals surface area contributed by atoms with Crippen LogP contribution < -0.4 is 15.6 Å². The number of aromatic amines is 1. The van der Waals surface area contributed by atoms with Gasteiger partial charge in [0.15, 0.2) is 0 Å². The highest BCUT2D eigenvalue weighted by molar-refractivity contribution is 5.87. The molecule has 3 aliphatic heterocycles. The van der Waals surface area contributed by atoms with Gasteiger partial charge >= 0.3 is 6.09 Å². The van der Waals surface area contributed by atoms with Gasteiger partial charge in [-0.2, -0.15) is 0 Å². The van der Waals surface area contributed by atoms with Crippen molar-refractivity contribution in [1.29, 1.82) is 0 Å². The summed E-state index contributed by atoms with van der Waals surface area (Å²) in [6, 6.07) is 26.6. The van der Waals surface area contributed by atoms with E-state index in [1.54, 1.807) is 17.0 Å². The highest BCUT2D eigenvalue weighted by atomic mass is 16.5. The van der Waals surface area contributed by atoms with Gasteiger partial charge in [-0.1, -0.05) is 48.5 Å². The number of H-pyrrole nitrogens is 1. The van der Waals surface area contributed by atoms with Gasteiger partial charge in [-0.3, -0.25) is 9.69 Å². The van der Waals surface area contributed by atoms with Crippen molar-refractivity contribution in [3.05, 3.63) is 130 Å². The summed E-state index contributed by atoms with van der Waals surface area (Å²) < 4.78 is 12.1. The Morgan fingerprint density at radius 1 is 0.980 bits per heavy atom. The fourth-order valence-corrected chi connectivity index (χ4v) is 7.36. The minimum atomic E-state index is -0.920. The fraction of sp³-hybridized carbons (Fsp3) is 0.316. The summed E-state index contributed by atoms with van der Waals surface area (Å²) in [6.07, 6.45) is 0.218. The van der Waals surface area contributed by atoms with Crippen LogP contribution in [0.4, 0.5) is 4.79 Å². The molecule has 3 aliphatic rings. The highest BCUT2D eigenvalue weighted by Gasteiger charge is 2.43. The van der Waals surface area contributed by atoms with E-state index in [2.05, 4.69) is 15.2 Å². The molecule has 254 valence electrons. The van der Waals surface area contributed by atoms with Crippen molar-refractivity contribution in [2.24, 2.45) is 5.92 Å². The molecule has 2 aromatic heterocycles. The molecule has 8 rings (SSSR count). The zero-order valence-corrected chi connectivity index (χ0v) is 27.0. The molecule has 0 unspecified atom stereocenters. The minimum absolute atomic E-state index is 0.0589. The van der Waals surface area contributed by atoms with Crippen LogP contribution in [0.1, 0.15) is 53.2 Å². The largest absolute Gasteiger partial charge is 0.506 e. The number of fused-ring (bicyclic) bond motifs is 4. The summed E-state index contributed by atoms with van der Waals surface area (Å²) >= 11 is 0. The number of hydrogen-bond donors (Lipinski definition) is 5. The first-order chi connectivity index (χ1) is 23.8. The first-order valence-corrected chi connectivity index (χ1v) is 16.7. The predicted molar refractivity (Wildman–Crippen MR) is 183 cm³/mol. The summed E-state index contributed by atoms with van der Waals surface area (Å²) in [5.74, 6) is 2.18. The number of ether oxygens (including phenoxy) is 1. The Hall–Kier alpha value is -5.10. The molecule has 2 bridgehead atoms. The van der Waals surface area contributed by atoms with Gasteiger partial charge < -0.3 is 39.7 Å². The van der Waals surface area contributed by atoms with Crippen molar-refractivity contribution < 1.29 is 29.3 Å². The first kappa shape index (κ1) is 32.4. The number of phenolic OH excluding ortho intramolecular Hbond substituents is 1. The first-order valence-electron chi connectivity index (χ1n) is 16.7. The van der Waals surface area contributed by atoms with Crippen LogP contribution in [-0.4, -0.2) is 68.4 Å². The van der Waals surface area contributed by atoms with Gasteiger partial charge in [0.1, 0.15) is 29.6 Å². The van der Waals surface area contributed by atoms with Crippen LogP contribution >= 0.6 is 0 Å². The number of rotatable bonds is 12. The zero-order valence-electron chi connectivity index (χ0n) is 27.0. The molecule has 11 heteroatoms. The van der Waals surface area contributed by atoms with Crippen LogP contribution in [-0.2, 0) is 13.2 Å². The number of furan rings is 1. The second kappa shape index (κ2) is 14.2. The van der Waals surface area contributed by atoms with Crippen LogP contribution in [0.25, 0.3) is 10.9 Å². The van der Waals surface area contributed by atoms with Gasteiger partial charge in [0.25, 0.3) is 0 Å². The van der Waals surface area contributed by atoms with Crippen LogP contribution in [0.2, 0.25) is 0 Å². The average Bonchev–Trinajstić information content (AvgIpc) is 3.58. The summed E-state index contributed by atoms with van der Waals surface area (Å²) in [5.41, 5.74) is 2.30. The summed E-state index contributed by atoms with van der Waals surface area (Å²) in [7, 11) is 0. The number of piperidine rings is 3. The van der Waals surface area contributed by atoms with E-state index in [9.17, 15) is 24.9 Å². The third-order valence-electron chi connectivity index (χ3n) is 9.77. The molecule has 3 saturated heterocycles. The number of amides is 1. The van der Waals surface area contributed by atoms with Gasteiger partial charge in [0.05, 0.1) is 30.2 Å². The number of phenols is 1. The van der Waals surface area contributed by atoms with E-state index in [0.29, 0.717) is 40.7 Å². The lowest BCUT2D eigenvalue weighted by Crippen LogP contribution is -2.59. The number of carbonyl (C=O) groups is 1. The molecule has 3 fully saturated rings. The lowest BCUT2D eigenvalue weighted by atomic mass is 9.81. The Morgan fingerprint density at radius 3 is 2.51 bits per heavy atom. The van der Waals surface area contributed by atoms with Crippen molar-refractivity contribution in [1.82, 2.24) is 20.1 Å². The Kier molecular flexibility index (Phi) is 9.38. The molecular weight excluding hydrogens is 624 g/mol. The number of carboxylic acid groups (broad SMARTS) is 1. The molecule has 5 aromatic rings. The third kappa shape index (κ3) is 7.05. The number of aliphatic hydroxyl groups is 1. The molecule has 0 spiro atoms. The lowest BCUT2D eigenvalue weighted by molar-refractivity contribution is -0.000813. The second-order valence-electron chi connectivity index (χ2n) is 12.9. The van der Waals surface area contributed by atoms with Gasteiger partial charge in [0.2, 0.25) is 5.56 Å². The molecule has 0 aliphatic carbocycles. The lowest BCUT2D eigenvalue weighted by Gasteiger charge is -2.50. The van der Waals surface area contributed by atoms with Crippen LogP contribution in [0, 0.1) is 5.92 Å². The van der Waals surface area contributed by atoms with E-state index in [0.717, 1.165) is 43.6 Å². The minimum Gasteiger partial charge on any atom is -0.506 e. The van der Waals surface area contributed by atoms with Crippen LogP contribution in [0.15, 0.2) is 100 Å². The predicted octanol–water partition coefficient (Wildman–Crippen LogP) is 5.39. The average molecular weight is 665 g/mol. The number of aromatic hydroxyl groups is 1. The molecule has 11 nitrogen and oxygen atoms in total. The number of aliphatic hydroxyl groups excluding tert-OH is 1. The molecule has 3 atom stereocenters. The molecule has 5 heterocycles. The number of hydrogen-bond acceptors (Lipinski definition) is 8. The molecule has 1 amide bonds. The molecular formula is C38H40N4O7. The van der Waals surface area contributed by atoms with Crippen molar-refractivity contribution in [2.75, 3.05) is 26.2 Å². The summed E-state index contributed by atoms with van der Waals surface area (Å²) in [4.78, 5) is 31.3.